The van der Waals surface area contributed by atoms with E-state index in [4.69, 9.17) is 23.2 Å². The van der Waals surface area contributed by atoms with Gasteiger partial charge in [-0.15, -0.1) is 0 Å². The van der Waals surface area contributed by atoms with Crippen LogP contribution in [0.1, 0.15) is 34.8 Å². The molecule has 11 heteroatoms. The van der Waals surface area contributed by atoms with Gasteiger partial charge in [-0.1, -0.05) is 11.6 Å². The molecule has 0 radical (unpaired) electrons. The fourth-order valence-corrected chi connectivity index (χ4v) is 3.58. The van der Waals surface area contributed by atoms with Gasteiger partial charge in [0.05, 0.1) is 29.2 Å². The molecule has 1 aromatic heterocycles. The summed E-state index contributed by atoms with van der Waals surface area (Å²) in [7, 11) is 0. The maximum absolute atomic E-state index is 13.5. The van der Waals surface area contributed by atoms with Crippen molar-refractivity contribution in [2.45, 2.75) is 32.5 Å². The lowest BCUT2D eigenvalue weighted by Gasteiger charge is -2.37. The highest BCUT2D eigenvalue weighted by Gasteiger charge is 2.34. The van der Waals surface area contributed by atoms with E-state index in [1.807, 2.05) is 0 Å². The molecule has 31 heavy (non-hydrogen) atoms. The Kier molecular flexibility index (Phi) is 6.15. The number of carbonyl (C=O) groups excluding carboxylic acids is 1. The van der Waals surface area contributed by atoms with E-state index in [-0.39, 0.29) is 35.1 Å². The summed E-state index contributed by atoms with van der Waals surface area (Å²) in [5.41, 5.74) is 6.10. The third kappa shape index (κ3) is 4.59. The summed E-state index contributed by atoms with van der Waals surface area (Å²) in [6, 6.07) is 3.51. The highest BCUT2D eigenvalue weighted by Crippen LogP contribution is 2.33. The molecule has 2 heterocycles. The van der Waals surface area contributed by atoms with E-state index in [1.165, 1.54) is 22.0 Å². The van der Waals surface area contributed by atoms with E-state index in [0.29, 0.717) is 11.3 Å². The molecule has 0 spiro atoms. The van der Waals surface area contributed by atoms with Gasteiger partial charge < -0.3 is 10.6 Å². The van der Waals surface area contributed by atoms with Crippen LogP contribution in [0.25, 0.3) is 0 Å². The smallest absolute Gasteiger partial charge is 0.399 e. The van der Waals surface area contributed by atoms with Crippen molar-refractivity contribution < 1.29 is 22.4 Å². The maximum atomic E-state index is 13.5. The number of aryl methyl sites for hydroxylation is 1. The van der Waals surface area contributed by atoms with Crippen molar-refractivity contribution in [3.63, 3.8) is 0 Å². The molecule has 1 amide bonds. The van der Waals surface area contributed by atoms with Crippen LogP contribution >= 0.6 is 11.6 Å². The Bertz CT molecular complexity index is 1060. The van der Waals surface area contributed by atoms with Crippen molar-refractivity contribution in [1.29, 1.82) is 0 Å². The number of nitrogens with two attached hydrogens (primary N) is 2. The Balaban J connectivity index is 1.89. The molecule has 4 N–H and O–H groups in total. The topological polar surface area (TPSA) is 88.5 Å². The molecule has 2 aromatic rings. The predicted molar refractivity (Wildman–Crippen MR) is 108 cm³/mol. The van der Waals surface area contributed by atoms with Crippen molar-refractivity contribution in [1.82, 2.24) is 9.88 Å². The van der Waals surface area contributed by atoms with E-state index in [0.717, 1.165) is 18.3 Å². The second-order valence-electron chi connectivity index (χ2n) is 7.21. The Morgan fingerprint density at radius 2 is 1.97 bits per heavy atom. The summed E-state index contributed by atoms with van der Waals surface area (Å²) in [5.74, 6) is 5.28. The van der Waals surface area contributed by atoms with Gasteiger partial charge in [-0.25, -0.2) is 15.2 Å². The minimum Gasteiger partial charge on any atom is -0.399 e. The van der Waals surface area contributed by atoms with Crippen LogP contribution < -0.4 is 16.6 Å². The number of amides is 1. The Hall–Kier alpha value is -2.85. The van der Waals surface area contributed by atoms with Crippen LogP contribution in [-0.4, -0.2) is 28.4 Å². The predicted octanol–water partition coefficient (Wildman–Crippen LogP) is 3.99. The number of alkyl halides is 3. The zero-order chi connectivity index (χ0) is 23.1. The van der Waals surface area contributed by atoms with Gasteiger partial charge in [0.15, 0.2) is 0 Å². The monoisotopic (exact) mass is 457 g/mol. The molecular formula is C20H20ClF4N5O. The van der Waals surface area contributed by atoms with E-state index in [9.17, 15) is 22.4 Å². The van der Waals surface area contributed by atoms with Crippen LogP contribution in [0.4, 0.5) is 23.4 Å². The van der Waals surface area contributed by atoms with Gasteiger partial charge in [0, 0.05) is 23.6 Å². The van der Waals surface area contributed by atoms with Crippen molar-refractivity contribution in [2.24, 2.45) is 11.6 Å². The number of hydrazine groups is 1. The Morgan fingerprint density at radius 1 is 1.29 bits per heavy atom. The van der Waals surface area contributed by atoms with Gasteiger partial charge >= 0.3 is 6.18 Å². The number of hydrogen-bond donors (Lipinski definition) is 2. The molecule has 6 nitrogen and oxygen atoms in total. The SMILES string of the molecule is Cc1cc(N(N)C2=C(N)C(C)N(C(=O)c3cc(Cl)cc(C(F)(F)F)c3)CC2)ncc1F. The Labute approximate surface area is 181 Å². The van der Waals surface area contributed by atoms with E-state index < -0.39 is 29.5 Å². The van der Waals surface area contributed by atoms with Crippen molar-refractivity contribution in [3.05, 3.63) is 69.4 Å². The second kappa shape index (κ2) is 8.35. The molecule has 1 aromatic carbocycles. The highest BCUT2D eigenvalue weighted by molar-refractivity contribution is 6.31. The molecule has 0 bridgehead atoms. The van der Waals surface area contributed by atoms with Crippen molar-refractivity contribution in [2.75, 3.05) is 11.6 Å². The number of anilines is 1. The molecule has 1 aliphatic heterocycles. The number of carbonyl (C=O) groups is 1. The summed E-state index contributed by atoms with van der Waals surface area (Å²) < 4.78 is 52.8. The van der Waals surface area contributed by atoms with E-state index >= 15 is 0 Å². The van der Waals surface area contributed by atoms with Crippen molar-refractivity contribution in [3.8, 4) is 0 Å². The molecule has 0 saturated carbocycles. The first-order valence-electron chi connectivity index (χ1n) is 9.24. The summed E-state index contributed by atoms with van der Waals surface area (Å²) in [4.78, 5) is 18.2. The van der Waals surface area contributed by atoms with Crippen LogP contribution in [0.2, 0.25) is 5.02 Å². The van der Waals surface area contributed by atoms with Gasteiger partial charge in [0.25, 0.3) is 5.91 Å². The normalized spacial score (nSPS) is 17.2. The van der Waals surface area contributed by atoms with Crippen LogP contribution in [0.3, 0.4) is 0 Å². The molecule has 0 saturated heterocycles. The number of benzene rings is 1. The fourth-order valence-electron chi connectivity index (χ4n) is 3.35. The maximum Gasteiger partial charge on any atom is 0.416 e. The molecule has 166 valence electrons. The van der Waals surface area contributed by atoms with Crippen LogP contribution in [0.15, 0.2) is 41.9 Å². The molecule has 3 rings (SSSR count). The third-order valence-electron chi connectivity index (χ3n) is 5.14. The summed E-state index contributed by atoms with van der Waals surface area (Å²) >= 11 is 5.80. The van der Waals surface area contributed by atoms with E-state index in [2.05, 4.69) is 4.98 Å². The average molecular weight is 458 g/mol. The molecular weight excluding hydrogens is 438 g/mol. The molecule has 0 fully saturated rings. The average Bonchev–Trinajstić information content (AvgIpc) is 2.70. The summed E-state index contributed by atoms with van der Waals surface area (Å²) in [5, 5.41) is 1.03. The van der Waals surface area contributed by atoms with Gasteiger partial charge in [-0.3, -0.25) is 9.80 Å². The number of rotatable bonds is 3. The van der Waals surface area contributed by atoms with Crippen molar-refractivity contribution >= 4 is 23.3 Å². The number of hydrogen-bond acceptors (Lipinski definition) is 5. The molecule has 0 aliphatic carbocycles. The molecule has 1 unspecified atom stereocenters. The van der Waals surface area contributed by atoms with Crippen LogP contribution in [-0.2, 0) is 6.18 Å². The zero-order valence-corrected chi connectivity index (χ0v) is 17.4. The first-order chi connectivity index (χ1) is 14.4. The quantitative estimate of drug-likeness (QED) is 0.413. The van der Waals surface area contributed by atoms with Crippen LogP contribution in [0.5, 0.6) is 0 Å². The number of pyridine rings is 1. The lowest BCUT2D eigenvalue weighted by Crippen LogP contribution is -2.49. The molecule has 1 aliphatic rings. The third-order valence-corrected chi connectivity index (χ3v) is 5.36. The van der Waals surface area contributed by atoms with Crippen LogP contribution in [0, 0.1) is 12.7 Å². The number of aromatic nitrogens is 1. The number of halogens is 5. The minimum atomic E-state index is -4.64. The lowest BCUT2D eigenvalue weighted by atomic mass is 10.0. The van der Waals surface area contributed by atoms with E-state index in [1.54, 1.807) is 13.8 Å². The van der Waals surface area contributed by atoms with Gasteiger partial charge in [-0.2, -0.15) is 13.2 Å². The van der Waals surface area contributed by atoms with Gasteiger partial charge in [0.2, 0.25) is 0 Å². The Morgan fingerprint density at radius 3 is 2.58 bits per heavy atom. The van der Waals surface area contributed by atoms with Gasteiger partial charge in [0.1, 0.15) is 11.6 Å². The molecule has 1 atom stereocenters. The first kappa shape index (κ1) is 22.8. The first-order valence-corrected chi connectivity index (χ1v) is 9.62. The van der Waals surface area contributed by atoms with Gasteiger partial charge in [-0.05, 0) is 43.7 Å². The largest absolute Gasteiger partial charge is 0.416 e. The second-order valence-corrected chi connectivity index (χ2v) is 7.65. The summed E-state index contributed by atoms with van der Waals surface area (Å²) in [6.07, 6.45) is -3.37. The fraction of sp³-hybridized carbons (Fsp3) is 0.300. The number of nitrogens with zero attached hydrogens (tertiary/aromatic N) is 3. The lowest BCUT2D eigenvalue weighted by molar-refractivity contribution is -0.137. The highest BCUT2D eigenvalue weighted by atomic mass is 35.5. The standard InChI is InChI=1S/C20H20ClF4N5O/c1-10-5-17(28-9-15(10)22)30(27)16-3-4-29(11(2)18(16)26)19(31)12-6-13(20(23,24)25)8-14(21)7-12/h5-9,11H,3-4,26-27H2,1-2H3. The zero-order valence-electron chi connectivity index (χ0n) is 16.7. The summed E-state index contributed by atoms with van der Waals surface area (Å²) in [6.45, 7) is 3.35. The minimum absolute atomic E-state index is 0.151.